The van der Waals surface area contributed by atoms with Crippen LogP contribution in [-0.2, 0) is 4.79 Å². The fraction of sp³-hybridized carbons (Fsp3) is 0.133. The van der Waals surface area contributed by atoms with Gasteiger partial charge in [0.25, 0.3) is 11.6 Å². The van der Waals surface area contributed by atoms with Crippen molar-refractivity contribution in [2.75, 3.05) is 5.32 Å². The molecule has 0 radical (unpaired) electrons. The van der Waals surface area contributed by atoms with Gasteiger partial charge in [0.05, 0.1) is 15.9 Å². The summed E-state index contributed by atoms with van der Waals surface area (Å²) in [4.78, 5) is 33.8. The van der Waals surface area contributed by atoms with Crippen LogP contribution < -0.4 is 10.1 Å². The molecule has 1 N–H and O–H groups in total. The van der Waals surface area contributed by atoms with Gasteiger partial charge in [-0.2, -0.15) is 5.26 Å². The SMILES string of the molecule is Cc1ccc(NC(=O)/C(C#N)=C\c2cc(C)n(-c3ccc(Oc4ccc([N+](=O)[O-])cc4[N+](=O)[O-])cc3)c2C)cc1C. The van der Waals surface area contributed by atoms with Gasteiger partial charge < -0.3 is 14.6 Å². The monoisotopic (exact) mass is 551 g/mol. The Labute approximate surface area is 235 Å². The molecule has 1 heterocycles. The van der Waals surface area contributed by atoms with E-state index in [4.69, 9.17) is 4.74 Å². The van der Waals surface area contributed by atoms with Crippen molar-refractivity contribution in [3.8, 4) is 23.3 Å². The summed E-state index contributed by atoms with van der Waals surface area (Å²) < 4.78 is 7.59. The maximum atomic E-state index is 12.8. The van der Waals surface area contributed by atoms with E-state index >= 15 is 0 Å². The highest BCUT2D eigenvalue weighted by Crippen LogP contribution is 2.35. The average molecular weight is 552 g/mol. The molecule has 0 spiro atoms. The number of carbonyl (C=O) groups is 1. The molecule has 0 saturated carbocycles. The summed E-state index contributed by atoms with van der Waals surface area (Å²) in [5.74, 6) is -0.345. The van der Waals surface area contributed by atoms with Crippen molar-refractivity contribution in [2.45, 2.75) is 27.7 Å². The van der Waals surface area contributed by atoms with Crippen LogP contribution in [0.15, 0.2) is 72.3 Å². The lowest BCUT2D eigenvalue weighted by Gasteiger charge is -2.11. The molecular formula is C30H25N5O6. The van der Waals surface area contributed by atoms with Crippen LogP contribution in [0.4, 0.5) is 17.1 Å². The van der Waals surface area contributed by atoms with E-state index in [9.17, 15) is 30.3 Å². The first-order valence-corrected chi connectivity index (χ1v) is 12.4. The standard InChI is InChI=1S/C30H25N5O6/c1-18-5-6-24(13-19(18)2)32-30(36)23(17-31)15-22-14-20(3)33(21(22)4)25-7-10-27(11-8-25)41-29-12-9-26(34(37)38)16-28(29)35(39)40/h5-16H,1-4H3,(H,32,36)/b23-15-. The van der Waals surface area contributed by atoms with Crippen LogP contribution in [0.1, 0.15) is 28.1 Å². The van der Waals surface area contributed by atoms with Crippen molar-refractivity contribution < 1.29 is 19.4 Å². The van der Waals surface area contributed by atoms with E-state index < -0.39 is 27.1 Å². The summed E-state index contributed by atoms with van der Waals surface area (Å²) >= 11 is 0. The lowest BCUT2D eigenvalue weighted by molar-refractivity contribution is -0.394. The highest BCUT2D eigenvalue weighted by atomic mass is 16.6. The zero-order chi connectivity index (χ0) is 29.8. The largest absolute Gasteiger partial charge is 0.450 e. The van der Waals surface area contributed by atoms with Gasteiger partial charge in [0.2, 0.25) is 5.75 Å². The summed E-state index contributed by atoms with van der Waals surface area (Å²) in [5.41, 5.74) is 4.82. The van der Waals surface area contributed by atoms with Crippen molar-refractivity contribution in [1.29, 1.82) is 5.26 Å². The van der Waals surface area contributed by atoms with Gasteiger partial charge >= 0.3 is 5.69 Å². The normalized spacial score (nSPS) is 11.0. The molecule has 206 valence electrons. The third-order valence-electron chi connectivity index (χ3n) is 6.57. The highest BCUT2D eigenvalue weighted by Gasteiger charge is 2.21. The minimum Gasteiger partial charge on any atom is -0.450 e. The van der Waals surface area contributed by atoms with Crippen LogP contribution in [0.5, 0.6) is 11.5 Å². The fourth-order valence-corrected chi connectivity index (χ4v) is 4.29. The van der Waals surface area contributed by atoms with Crippen LogP contribution >= 0.6 is 0 Å². The van der Waals surface area contributed by atoms with Gasteiger partial charge in [-0.05, 0) is 99.0 Å². The van der Waals surface area contributed by atoms with Crippen LogP contribution in [0.3, 0.4) is 0 Å². The van der Waals surface area contributed by atoms with Gasteiger partial charge in [-0.1, -0.05) is 6.07 Å². The van der Waals surface area contributed by atoms with Crippen LogP contribution in [0.25, 0.3) is 11.8 Å². The molecule has 1 aromatic heterocycles. The number of hydrogen-bond acceptors (Lipinski definition) is 7. The predicted octanol–water partition coefficient (Wildman–Crippen LogP) is 6.87. The first kappa shape index (κ1) is 28.3. The van der Waals surface area contributed by atoms with E-state index in [0.29, 0.717) is 17.0 Å². The van der Waals surface area contributed by atoms with Gasteiger partial charge in [-0.25, -0.2) is 0 Å². The van der Waals surface area contributed by atoms with E-state index in [0.717, 1.165) is 40.3 Å². The summed E-state index contributed by atoms with van der Waals surface area (Å²) in [5, 5.41) is 34.9. The van der Waals surface area contributed by atoms with Crippen molar-refractivity contribution in [2.24, 2.45) is 0 Å². The van der Waals surface area contributed by atoms with Crippen molar-refractivity contribution in [3.05, 3.63) is 121 Å². The molecule has 0 saturated heterocycles. The molecule has 0 fully saturated rings. The fourth-order valence-electron chi connectivity index (χ4n) is 4.29. The topological polar surface area (TPSA) is 153 Å². The number of nitriles is 1. The first-order valence-electron chi connectivity index (χ1n) is 12.4. The molecule has 4 rings (SSSR count). The predicted molar refractivity (Wildman–Crippen MR) is 153 cm³/mol. The summed E-state index contributed by atoms with van der Waals surface area (Å²) in [6.07, 6.45) is 1.54. The number of carbonyl (C=O) groups excluding carboxylic acids is 1. The zero-order valence-corrected chi connectivity index (χ0v) is 22.7. The highest BCUT2D eigenvalue weighted by molar-refractivity contribution is 6.09. The Balaban J connectivity index is 1.57. The number of aryl methyl sites for hydroxylation is 3. The van der Waals surface area contributed by atoms with Gasteiger partial charge in [0.15, 0.2) is 0 Å². The van der Waals surface area contributed by atoms with Gasteiger partial charge in [0.1, 0.15) is 17.4 Å². The Morgan fingerprint density at radius 1 is 0.927 bits per heavy atom. The second-order valence-electron chi connectivity index (χ2n) is 9.35. The van der Waals surface area contributed by atoms with E-state index in [-0.39, 0.29) is 11.3 Å². The second kappa shape index (κ2) is 11.5. The van der Waals surface area contributed by atoms with Crippen LogP contribution in [0.2, 0.25) is 0 Å². The number of benzene rings is 3. The number of nitrogens with one attached hydrogen (secondary N) is 1. The van der Waals surface area contributed by atoms with E-state index in [1.54, 1.807) is 36.4 Å². The first-order chi connectivity index (χ1) is 19.5. The number of amides is 1. The molecule has 4 aromatic rings. The lowest BCUT2D eigenvalue weighted by Crippen LogP contribution is -2.13. The second-order valence-corrected chi connectivity index (χ2v) is 9.35. The molecule has 0 aliphatic heterocycles. The molecule has 0 aliphatic carbocycles. The third kappa shape index (κ3) is 6.12. The smallest absolute Gasteiger partial charge is 0.318 e. The molecule has 0 aliphatic rings. The molecule has 11 heteroatoms. The molecule has 11 nitrogen and oxygen atoms in total. The number of anilines is 1. The number of nitro benzene ring substituents is 2. The Morgan fingerprint density at radius 2 is 1.63 bits per heavy atom. The Morgan fingerprint density at radius 3 is 2.24 bits per heavy atom. The van der Waals surface area contributed by atoms with Crippen LogP contribution in [-0.4, -0.2) is 20.3 Å². The van der Waals surface area contributed by atoms with E-state index in [1.165, 1.54) is 6.07 Å². The van der Waals surface area contributed by atoms with Crippen molar-refractivity contribution >= 4 is 29.0 Å². The molecule has 1 amide bonds. The molecule has 0 atom stereocenters. The maximum Gasteiger partial charge on any atom is 0.318 e. The van der Waals surface area contributed by atoms with E-state index in [1.807, 2.05) is 56.5 Å². The van der Waals surface area contributed by atoms with Crippen molar-refractivity contribution in [1.82, 2.24) is 4.57 Å². The third-order valence-corrected chi connectivity index (χ3v) is 6.57. The van der Waals surface area contributed by atoms with Crippen LogP contribution in [0, 0.1) is 59.3 Å². The number of rotatable bonds is 8. The summed E-state index contributed by atoms with van der Waals surface area (Å²) in [7, 11) is 0. The Kier molecular flexibility index (Phi) is 7.96. The van der Waals surface area contributed by atoms with Gasteiger partial charge in [-0.3, -0.25) is 25.0 Å². The van der Waals surface area contributed by atoms with E-state index in [2.05, 4.69) is 5.32 Å². The molecule has 41 heavy (non-hydrogen) atoms. The minimum absolute atomic E-state index is 0.0445. The summed E-state index contributed by atoms with van der Waals surface area (Å²) in [6, 6.07) is 19.3. The van der Waals surface area contributed by atoms with Gasteiger partial charge in [-0.15, -0.1) is 0 Å². The minimum atomic E-state index is -0.740. The number of non-ortho nitro benzene ring substituents is 1. The number of ether oxygens (including phenoxy) is 1. The number of hydrogen-bond donors (Lipinski definition) is 1. The lowest BCUT2D eigenvalue weighted by atomic mass is 10.1. The number of nitro groups is 2. The molecule has 0 bridgehead atoms. The maximum absolute atomic E-state index is 12.8. The molecular weight excluding hydrogens is 526 g/mol. The average Bonchev–Trinajstić information content (AvgIpc) is 3.21. The molecule has 0 unspecified atom stereocenters. The van der Waals surface area contributed by atoms with Gasteiger partial charge in [0, 0.05) is 28.8 Å². The Bertz CT molecular complexity index is 1760. The zero-order valence-electron chi connectivity index (χ0n) is 22.7. The molecule has 3 aromatic carbocycles. The summed E-state index contributed by atoms with van der Waals surface area (Å²) in [6.45, 7) is 7.66. The number of nitrogens with zero attached hydrogens (tertiary/aromatic N) is 4. The Hall–Kier alpha value is -5.76. The quantitative estimate of drug-likeness (QED) is 0.108. The number of aromatic nitrogens is 1. The van der Waals surface area contributed by atoms with Crippen molar-refractivity contribution in [3.63, 3.8) is 0 Å².